The van der Waals surface area contributed by atoms with Crippen LogP contribution in [0.25, 0.3) is 10.9 Å². The highest BCUT2D eigenvalue weighted by Gasteiger charge is 2.25. The largest absolute Gasteiger partial charge is 0.361 e. The number of hydrogen-bond donors (Lipinski definition) is 2. The van der Waals surface area contributed by atoms with E-state index in [-0.39, 0.29) is 5.91 Å². The molecular weight excluding hydrogens is 298 g/mol. The van der Waals surface area contributed by atoms with Crippen LogP contribution < -0.4 is 5.32 Å². The summed E-state index contributed by atoms with van der Waals surface area (Å²) in [4.78, 5) is 17.9. The summed E-state index contributed by atoms with van der Waals surface area (Å²) in [6, 6.07) is 8.58. The molecular formula is C20H29N3O. The molecule has 1 aliphatic carbocycles. The van der Waals surface area contributed by atoms with Crippen LogP contribution in [0.5, 0.6) is 0 Å². The summed E-state index contributed by atoms with van der Waals surface area (Å²) in [6.45, 7) is 0.749. The number of hydrogen-bond acceptors (Lipinski definition) is 2. The van der Waals surface area contributed by atoms with Gasteiger partial charge >= 0.3 is 0 Å². The quantitative estimate of drug-likeness (QED) is 0.855. The number of rotatable bonds is 6. The maximum absolute atomic E-state index is 12.4. The molecule has 130 valence electrons. The molecule has 4 nitrogen and oxygen atoms in total. The number of para-hydroxylation sites is 1. The fourth-order valence-corrected chi connectivity index (χ4v) is 4.02. The molecule has 1 aromatic carbocycles. The van der Waals surface area contributed by atoms with Crippen molar-refractivity contribution in [2.24, 2.45) is 5.92 Å². The molecule has 0 spiro atoms. The molecule has 1 aliphatic rings. The minimum atomic E-state index is 0.113. The van der Waals surface area contributed by atoms with Gasteiger partial charge in [0.05, 0.1) is 6.42 Å². The smallest absolute Gasteiger partial charge is 0.224 e. The van der Waals surface area contributed by atoms with Crippen LogP contribution in [0.3, 0.4) is 0 Å². The number of aromatic nitrogens is 1. The fraction of sp³-hybridized carbons (Fsp3) is 0.550. The van der Waals surface area contributed by atoms with Crippen LogP contribution in [0.15, 0.2) is 30.5 Å². The second-order valence-electron chi connectivity index (χ2n) is 7.27. The van der Waals surface area contributed by atoms with Crippen LogP contribution in [-0.4, -0.2) is 42.5 Å². The Kier molecular flexibility index (Phi) is 5.56. The zero-order chi connectivity index (χ0) is 16.9. The Hall–Kier alpha value is -1.81. The number of H-pyrrole nitrogens is 1. The van der Waals surface area contributed by atoms with E-state index in [2.05, 4.69) is 35.4 Å². The van der Waals surface area contributed by atoms with Crippen LogP contribution in [0.4, 0.5) is 0 Å². The van der Waals surface area contributed by atoms with E-state index in [1.807, 2.05) is 24.4 Å². The SMILES string of the molecule is CN(C)C(CNC(=O)Cc1c[nH]c2ccccc12)C1CCCCC1. The van der Waals surface area contributed by atoms with Gasteiger partial charge in [0.15, 0.2) is 0 Å². The molecule has 2 aromatic rings. The topological polar surface area (TPSA) is 48.1 Å². The molecule has 1 atom stereocenters. The monoisotopic (exact) mass is 327 g/mol. The predicted molar refractivity (Wildman–Crippen MR) is 99.1 cm³/mol. The van der Waals surface area contributed by atoms with Crippen molar-refractivity contribution in [2.45, 2.75) is 44.6 Å². The van der Waals surface area contributed by atoms with Gasteiger partial charge in [-0.15, -0.1) is 0 Å². The van der Waals surface area contributed by atoms with Gasteiger partial charge in [0.1, 0.15) is 0 Å². The molecule has 0 radical (unpaired) electrons. The van der Waals surface area contributed by atoms with E-state index < -0.39 is 0 Å². The van der Waals surface area contributed by atoms with Crippen LogP contribution >= 0.6 is 0 Å². The van der Waals surface area contributed by atoms with Gasteiger partial charge in [0.2, 0.25) is 5.91 Å². The summed E-state index contributed by atoms with van der Waals surface area (Å²) in [5.74, 6) is 0.824. The zero-order valence-corrected chi connectivity index (χ0v) is 14.8. The third-order valence-electron chi connectivity index (χ3n) is 5.39. The van der Waals surface area contributed by atoms with Crippen molar-refractivity contribution in [3.8, 4) is 0 Å². The van der Waals surface area contributed by atoms with Gasteiger partial charge in [0.25, 0.3) is 0 Å². The normalized spacial score (nSPS) is 17.3. The zero-order valence-electron chi connectivity index (χ0n) is 14.8. The first-order valence-electron chi connectivity index (χ1n) is 9.13. The Labute approximate surface area is 144 Å². The van der Waals surface area contributed by atoms with E-state index in [0.717, 1.165) is 23.0 Å². The molecule has 0 saturated heterocycles. The molecule has 1 heterocycles. The van der Waals surface area contributed by atoms with Crippen molar-refractivity contribution in [2.75, 3.05) is 20.6 Å². The van der Waals surface area contributed by atoms with Gasteiger partial charge in [-0.05, 0) is 44.5 Å². The van der Waals surface area contributed by atoms with E-state index in [1.165, 1.54) is 32.1 Å². The van der Waals surface area contributed by atoms with E-state index >= 15 is 0 Å². The van der Waals surface area contributed by atoms with Crippen molar-refractivity contribution in [1.82, 2.24) is 15.2 Å². The van der Waals surface area contributed by atoms with Crippen LogP contribution in [0.2, 0.25) is 0 Å². The minimum Gasteiger partial charge on any atom is -0.361 e. The van der Waals surface area contributed by atoms with E-state index in [9.17, 15) is 4.79 Å². The Morgan fingerprint density at radius 3 is 2.75 bits per heavy atom. The number of nitrogens with zero attached hydrogens (tertiary/aromatic N) is 1. The lowest BCUT2D eigenvalue weighted by Crippen LogP contribution is -2.45. The number of fused-ring (bicyclic) bond motifs is 1. The highest BCUT2D eigenvalue weighted by atomic mass is 16.1. The number of carbonyl (C=O) groups is 1. The average molecular weight is 327 g/mol. The van der Waals surface area contributed by atoms with Crippen molar-refractivity contribution >= 4 is 16.8 Å². The molecule has 1 fully saturated rings. The lowest BCUT2D eigenvalue weighted by Gasteiger charge is -2.35. The molecule has 0 bridgehead atoms. The van der Waals surface area contributed by atoms with Crippen molar-refractivity contribution in [1.29, 1.82) is 0 Å². The van der Waals surface area contributed by atoms with Crippen molar-refractivity contribution in [3.63, 3.8) is 0 Å². The Balaban J connectivity index is 1.57. The first kappa shape index (κ1) is 17.0. The van der Waals surface area contributed by atoms with E-state index in [0.29, 0.717) is 18.4 Å². The van der Waals surface area contributed by atoms with Crippen molar-refractivity contribution < 1.29 is 4.79 Å². The highest BCUT2D eigenvalue weighted by Crippen LogP contribution is 2.28. The second-order valence-corrected chi connectivity index (χ2v) is 7.27. The number of amides is 1. The van der Waals surface area contributed by atoms with Gasteiger partial charge < -0.3 is 15.2 Å². The van der Waals surface area contributed by atoms with Gasteiger partial charge in [-0.2, -0.15) is 0 Å². The fourth-order valence-electron chi connectivity index (χ4n) is 4.02. The molecule has 1 amide bonds. The first-order chi connectivity index (χ1) is 11.6. The minimum absolute atomic E-state index is 0.113. The van der Waals surface area contributed by atoms with Gasteiger partial charge in [-0.25, -0.2) is 0 Å². The van der Waals surface area contributed by atoms with Crippen LogP contribution in [-0.2, 0) is 11.2 Å². The standard InChI is InChI=1S/C20H29N3O/c1-23(2)19(15-8-4-3-5-9-15)14-22-20(24)12-16-13-21-18-11-7-6-10-17(16)18/h6-7,10-11,13,15,19,21H,3-5,8-9,12,14H2,1-2H3,(H,22,24). The summed E-state index contributed by atoms with van der Waals surface area (Å²) in [5.41, 5.74) is 2.16. The molecule has 1 aromatic heterocycles. The highest BCUT2D eigenvalue weighted by molar-refractivity contribution is 5.88. The molecule has 24 heavy (non-hydrogen) atoms. The molecule has 3 rings (SSSR count). The van der Waals surface area contributed by atoms with Crippen LogP contribution in [0.1, 0.15) is 37.7 Å². The number of aromatic amines is 1. The molecule has 0 aliphatic heterocycles. The molecule has 2 N–H and O–H groups in total. The molecule has 1 unspecified atom stereocenters. The molecule has 4 heteroatoms. The average Bonchev–Trinajstić information content (AvgIpc) is 2.99. The summed E-state index contributed by atoms with van der Waals surface area (Å²) in [7, 11) is 4.26. The third-order valence-corrected chi connectivity index (χ3v) is 5.39. The third kappa shape index (κ3) is 3.99. The Morgan fingerprint density at radius 2 is 2.00 bits per heavy atom. The van der Waals surface area contributed by atoms with Gasteiger partial charge in [0, 0.05) is 29.7 Å². The lowest BCUT2D eigenvalue weighted by molar-refractivity contribution is -0.120. The number of benzene rings is 1. The van der Waals surface area contributed by atoms with E-state index in [1.54, 1.807) is 0 Å². The first-order valence-corrected chi connectivity index (χ1v) is 9.13. The predicted octanol–water partition coefficient (Wildman–Crippen LogP) is 3.34. The maximum Gasteiger partial charge on any atom is 0.224 e. The Morgan fingerprint density at radius 1 is 1.25 bits per heavy atom. The maximum atomic E-state index is 12.4. The van der Waals surface area contributed by atoms with Gasteiger partial charge in [-0.3, -0.25) is 4.79 Å². The summed E-state index contributed by atoms with van der Waals surface area (Å²) >= 11 is 0. The number of nitrogens with one attached hydrogen (secondary N) is 2. The Bertz CT molecular complexity index is 670. The van der Waals surface area contributed by atoms with Crippen LogP contribution in [0, 0.1) is 5.92 Å². The van der Waals surface area contributed by atoms with Crippen molar-refractivity contribution in [3.05, 3.63) is 36.0 Å². The number of likely N-dealkylation sites (N-methyl/N-ethyl adjacent to an activating group) is 1. The van der Waals surface area contributed by atoms with Gasteiger partial charge in [-0.1, -0.05) is 37.5 Å². The summed E-state index contributed by atoms with van der Waals surface area (Å²) in [5, 5.41) is 4.31. The lowest BCUT2D eigenvalue weighted by atomic mass is 9.83. The second kappa shape index (κ2) is 7.84. The summed E-state index contributed by atoms with van der Waals surface area (Å²) < 4.78 is 0. The molecule has 1 saturated carbocycles. The van der Waals surface area contributed by atoms with E-state index in [4.69, 9.17) is 0 Å². The summed E-state index contributed by atoms with van der Waals surface area (Å²) in [6.07, 6.45) is 9.01. The number of carbonyl (C=O) groups excluding carboxylic acids is 1.